The molecule has 2 nitrogen and oxygen atoms in total. The first kappa shape index (κ1) is 17.8. The molecule has 2 unspecified atom stereocenters. The lowest BCUT2D eigenvalue weighted by atomic mass is 9.99. The maximum Gasteiger partial charge on any atom is 0.423 e. The largest absolute Gasteiger partial charge is 0.423 e. The molecule has 0 aliphatic carbocycles. The Bertz CT molecular complexity index is 454. The molecule has 2 N–H and O–H groups in total. The molecule has 8 heteroatoms. The van der Waals surface area contributed by atoms with Gasteiger partial charge in [-0.1, -0.05) is 24.3 Å². The van der Waals surface area contributed by atoms with Crippen LogP contribution in [0.15, 0.2) is 24.3 Å². The van der Waals surface area contributed by atoms with Crippen molar-refractivity contribution >= 4 is 0 Å². The molecule has 0 aliphatic heterocycles. The Kier molecular flexibility index (Phi) is 5.27. The first-order chi connectivity index (χ1) is 9.44. The van der Waals surface area contributed by atoms with Gasteiger partial charge in [-0.05, 0) is 25.0 Å². The van der Waals surface area contributed by atoms with Gasteiger partial charge >= 0.3 is 12.4 Å². The average Bonchev–Trinajstić information content (AvgIpc) is 2.27. The van der Waals surface area contributed by atoms with Gasteiger partial charge in [0.2, 0.25) is 6.10 Å². The van der Waals surface area contributed by atoms with Crippen molar-refractivity contribution in [1.82, 2.24) is 0 Å². The van der Waals surface area contributed by atoms with Crippen molar-refractivity contribution < 1.29 is 31.1 Å². The summed E-state index contributed by atoms with van der Waals surface area (Å²) in [7, 11) is 0. The normalized spacial score (nSPS) is 16.1. The van der Waals surface area contributed by atoms with Crippen LogP contribution < -0.4 is 5.73 Å². The van der Waals surface area contributed by atoms with Gasteiger partial charge in [0, 0.05) is 6.04 Å². The smallest absolute Gasteiger partial charge is 0.351 e. The van der Waals surface area contributed by atoms with Crippen LogP contribution in [0.25, 0.3) is 0 Å². The monoisotopic (exact) mass is 315 g/mol. The molecule has 0 amide bonds. The van der Waals surface area contributed by atoms with E-state index >= 15 is 0 Å². The fraction of sp³-hybridized carbons (Fsp3) is 0.538. The first-order valence-electron chi connectivity index (χ1n) is 6.04. The summed E-state index contributed by atoms with van der Waals surface area (Å²) in [6, 6.07) is 5.02. The highest BCUT2D eigenvalue weighted by Crippen LogP contribution is 2.39. The Hall–Kier alpha value is -1.28. The van der Waals surface area contributed by atoms with Gasteiger partial charge in [-0.25, -0.2) is 0 Å². The Balaban J connectivity index is 3.16. The minimum Gasteiger partial charge on any atom is -0.351 e. The second-order valence-electron chi connectivity index (χ2n) is 4.74. The predicted octanol–water partition coefficient (Wildman–Crippen LogP) is 3.89. The molecule has 0 bridgehead atoms. The van der Waals surface area contributed by atoms with E-state index in [1.807, 2.05) is 0 Å². The number of halogens is 6. The zero-order valence-corrected chi connectivity index (χ0v) is 11.3. The number of hydrogen-bond donors (Lipinski definition) is 1. The zero-order valence-electron chi connectivity index (χ0n) is 11.3. The van der Waals surface area contributed by atoms with E-state index in [9.17, 15) is 26.3 Å². The molecule has 0 saturated carbocycles. The molecule has 0 saturated heterocycles. The van der Waals surface area contributed by atoms with Gasteiger partial charge in [0.1, 0.15) is 0 Å². The number of alkyl halides is 6. The third kappa shape index (κ3) is 4.60. The lowest BCUT2D eigenvalue weighted by Gasteiger charge is -2.30. The lowest BCUT2D eigenvalue weighted by molar-refractivity contribution is -0.333. The molecule has 21 heavy (non-hydrogen) atoms. The Labute approximate surface area is 117 Å². The van der Waals surface area contributed by atoms with Gasteiger partial charge in [0.25, 0.3) is 0 Å². The molecular formula is C13H15F6NO. The Morgan fingerprint density at radius 3 is 1.86 bits per heavy atom. The van der Waals surface area contributed by atoms with E-state index in [0.717, 1.165) is 0 Å². The van der Waals surface area contributed by atoms with E-state index in [4.69, 9.17) is 5.73 Å². The van der Waals surface area contributed by atoms with E-state index in [2.05, 4.69) is 4.74 Å². The maximum absolute atomic E-state index is 12.6. The third-order valence-corrected chi connectivity index (χ3v) is 2.85. The van der Waals surface area contributed by atoms with Crippen LogP contribution in [-0.4, -0.2) is 24.5 Å². The van der Waals surface area contributed by atoms with Gasteiger partial charge in [-0.15, -0.1) is 0 Å². The van der Waals surface area contributed by atoms with Crippen LogP contribution in [0.2, 0.25) is 0 Å². The summed E-state index contributed by atoms with van der Waals surface area (Å²) in [4.78, 5) is 0. The summed E-state index contributed by atoms with van der Waals surface area (Å²) in [6.45, 7) is 2.85. The summed E-state index contributed by atoms with van der Waals surface area (Å²) in [5, 5.41) is 0. The fourth-order valence-electron chi connectivity index (χ4n) is 1.87. The molecule has 0 spiro atoms. The van der Waals surface area contributed by atoms with Crippen molar-refractivity contribution in [2.45, 2.75) is 44.4 Å². The van der Waals surface area contributed by atoms with Gasteiger partial charge in [0.15, 0.2) is 0 Å². The number of benzene rings is 1. The fourth-order valence-corrected chi connectivity index (χ4v) is 1.87. The third-order valence-electron chi connectivity index (χ3n) is 2.85. The maximum atomic E-state index is 12.6. The molecule has 0 heterocycles. The van der Waals surface area contributed by atoms with Crippen LogP contribution in [0.3, 0.4) is 0 Å². The van der Waals surface area contributed by atoms with Crippen molar-refractivity contribution in [1.29, 1.82) is 0 Å². The highest BCUT2D eigenvalue weighted by molar-refractivity contribution is 5.28. The van der Waals surface area contributed by atoms with E-state index in [0.29, 0.717) is 5.56 Å². The van der Waals surface area contributed by atoms with Crippen molar-refractivity contribution in [3.05, 3.63) is 35.4 Å². The number of rotatable bonds is 4. The topological polar surface area (TPSA) is 35.2 Å². The highest BCUT2D eigenvalue weighted by atomic mass is 19.4. The first-order valence-corrected chi connectivity index (χ1v) is 6.04. The van der Waals surface area contributed by atoms with Gasteiger partial charge in [-0.3, -0.25) is 0 Å². The SMILES string of the molecule is Cc1ccccc1C(OC(C(F)(F)F)C(F)(F)F)C(C)N. The summed E-state index contributed by atoms with van der Waals surface area (Å²) in [6.07, 6.45) is -16.5. The Morgan fingerprint density at radius 1 is 1.00 bits per heavy atom. The zero-order chi connectivity index (χ0) is 16.4. The number of aryl methyl sites for hydroxylation is 1. The predicted molar refractivity (Wildman–Crippen MR) is 64.6 cm³/mol. The minimum absolute atomic E-state index is 0.200. The lowest BCUT2D eigenvalue weighted by Crippen LogP contribution is -2.47. The molecule has 0 aromatic heterocycles. The standard InChI is InChI=1S/C13H15F6NO/c1-7-5-3-4-6-9(7)10(8(2)20)21-11(12(14,15)16)13(17,18)19/h3-6,8,10-11H,20H2,1-2H3. The number of hydrogen-bond acceptors (Lipinski definition) is 2. The Morgan fingerprint density at radius 2 is 1.48 bits per heavy atom. The van der Waals surface area contributed by atoms with E-state index in [-0.39, 0.29) is 5.56 Å². The molecule has 0 radical (unpaired) electrons. The number of nitrogens with two attached hydrogens (primary N) is 1. The van der Waals surface area contributed by atoms with Crippen LogP contribution in [0.4, 0.5) is 26.3 Å². The molecular weight excluding hydrogens is 300 g/mol. The van der Waals surface area contributed by atoms with Gasteiger partial charge in [-0.2, -0.15) is 26.3 Å². The quantitative estimate of drug-likeness (QED) is 0.856. The van der Waals surface area contributed by atoms with Crippen molar-refractivity contribution in [2.24, 2.45) is 5.73 Å². The van der Waals surface area contributed by atoms with Gasteiger partial charge < -0.3 is 10.5 Å². The second-order valence-corrected chi connectivity index (χ2v) is 4.74. The van der Waals surface area contributed by atoms with E-state index < -0.39 is 30.6 Å². The molecule has 1 rings (SSSR count). The second kappa shape index (κ2) is 6.23. The highest BCUT2D eigenvalue weighted by Gasteiger charge is 2.59. The molecule has 1 aromatic rings. The summed E-state index contributed by atoms with van der Waals surface area (Å²) < 4.78 is 79.8. The van der Waals surface area contributed by atoms with E-state index in [1.54, 1.807) is 19.1 Å². The molecule has 1 aromatic carbocycles. The van der Waals surface area contributed by atoms with Crippen LogP contribution in [-0.2, 0) is 4.74 Å². The van der Waals surface area contributed by atoms with Crippen LogP contribution in [0.5, 0.6) is 0 Å². The van der Waals surface area contributed by atoms with Gasteiger partial charge in [0.05, 0.1) is 6.10 Å². The minimum atomic E-state index is -5.56. The average molecular weight is 315 g/mol. The summed E-state index contributed by atoms with van der Waals surface area (Å²) in [5.41, 5.74) is 6.22. The van der Waals surface area contributed by atoms with Crippen molar-refractivity contribution in [2.75, 3.05) is 0 Å². The van der Waals surface area contributed by atoms with Crippen molar-refractivity contribution in [3.63, 3.8) is 0 Å². The van der Waals surface area contributed by atoms with Crippen LogP contribution in [0.1, 0.15) is 24.2 Å². The molecule has 0 fully saturated rings. The number of ether oxygens (including phenoxy) is 1. The van der Waals surface area contributed by atoms with Crippen LogP contribution in [0, 0.1) is 6.92 Å². The van der Waals surface area contributed by atoms with Crippen LogP contribution >= 0.6 is 0 Å². The van der Waals surface area contributed by atoms with Crippen molar-refractivity contribution in [3.8, 4) is 0 Å². The summed E-state index contributed by atoms with van der Waals surface area (Å²) in [5.74, 6) is 0. The molecule has 0 aliphatic rings. The molecule has 2 atom stereocenters. The van der Waals surface area contributed by atoms with E-state index in [1.165, 1.54) is 19.1 Å². The summed E-state index contributed by atoms with van der Waals surface area (Å²) >= 11 is 0. The molecule has 120 valence electrons.